The molecule has 0 amide bonds. The lowest BCUT2D eigenvalue weighted by molar-refractivity contribution is 1.07. The summed E-state index contributed by atoms with van der Waals surface area (Å²) in [7, 11) is 0. The van der Waals surface area contributed by atoms with E-state index in [0.717, 1.165) is 55.7 Å². The summed E-state index contributed by atoms with van der Waals surface area (Å²) in [4.78, 5) is 20.4. The fourth-order valence-corrected chi connectivity index (χ4v) is 9.09. The molecule has 0 spiro atoms. The Labute approximate surface area is 333 Å². The minimum absolute atomic E-state index is 0.632. The number of rotatable bonds is 6. The third-order valence-electron chi connectivity index (χ3n) is 10.7. The fourth-order valence-electron chi connectivity index (χ4n) is 7.86. The minimum Gasteiger partial charge on any atom is -0.246 e. The maximum atomic E-state index is 5.44. The quantitative estimate of drug-likeness (QED) is 0.159. The zero-order valence-corrected chi connectivity index (χ0v) is 31.5. The van der Waals surface area contributed by atoms with Gasteiger partial charge in [0.25, 0.3) is 0 Å². The number of aromatic nitrogens is 4. The van der Waals surface area contributed by atoms with Gasteiger partial charge in [0.05, 0.1) is 11.2 Å². The summed E-state index contributed by atoms with van der Waals surface area (Å²) in [5, 5.41) is 6.04. The molecule has 11 aromatic rings. The molecule has 0 aliphatic carbocycles. The third kappa shape index (κ3) is 5.93. The first kappa shape index (κ1) is 33.0. The van der Waals surface area contributed by atoms with Crippen LogP contribution in [0.25, 0.3) is 110 Å². The Kier molecular flexibility index (Phi) is 7.97. The van der Waals surface area contributed by atoms with E-state index in [1.165, 1.54) is 36.3 Å². The highest BCUT2D eigenvalue weighted by Gasteiger charge is 2.18. The van der Waals surface area contributed by atoms with Crippen LogP contribution in [-0.4, -0.2) is 19.9 Å². The standard InChI is InChI=1S/C52H32N4S/c1-3-12-33(13-4-1)40-17-11-18-41(32-40)52-55-50(38-15-5-2-6-16-38)54-51(56-52)39-28-24-35(25-29-39)34-22-26-37(27-23-34)47-46-43-20-9-10-21-45(43)57-49(46)44-31-30-36-14-7-8-19-42(36)48(44)53-47/h1-32H. The van der Waals surface area contributed by atoms with Crippen molar-refractivity contribution in [3.8, 4) is 67.7 Å². The highest BCUT2D eigenvalue weighted by molar-refractivity contribution is 7.26. The van der Waals surface area contributed by atoms with Crippen molar-refractivity contribution in [2.45, 2.75) is 0 Å². The van der Waals surface area contributed by atoms with Gasteiger partial charge in [0.15, 0.2) is 17.5 Å². The first-order valence-electron chi connectivity index (χ1n) is 19.0. The fraction of sp³-hybridized carbons (Fsp3) is 0. The zero-order chi connectivity index (χ0) is 37.7. The van der Waals surface area contributed by atoms with Gasteiger partial charge < -0.3 is 0 Å². The molecule has 0 saturated carbocycles. The SMILES string of the molecule is c1ccc(-c2cccc(-c3nc(-c4ccccc4)nc(-c4ccc(-c5ccc(-c6nc7c8ccccc8ccc7c7sc8ccccc8c67)cc5)cc4)n3)c2)cc1. The van der Waals surface area contributed by atoms with E-state index in [9.17, 15) is 0 Å². The van der Waals surface area contributed by atoms with Crippen molar-refractivity contribution in [3.63, 3.8) is 0 Å². The van der Waals surface area contributed by atoms with Crippen LogP contribution in [0.5, 0.6) is 0 Å². The summed E-state index contributed by atoms with van der Waals surface area (Å²) in [6.07, 6.45) is 0. The van der Waals surface area contributed by atoms with Crippen LogP contribution < -0.4 is 0 Å². The van der Waals surface area contributed by atoms with Gasteiger partial charge in [0, 0.05) is 53.2 Å². The van der Waals surface area contributed by atoms with Crippen molar-refractivity contribution < 1.29 is 0 Å². The summed E-state index contributed by atoms with van der Waals surface area (Å²) < 4.78 is 2.55. The van der Waals surface area contributed by atoms with Gasteiger partial charge >= 0.3 is 0 Å². The van der Waals surface area contributed by atoms with Gasteiger partial charge in [-0.15, -0.1) is 11.3 Å². The monoisotopic (exact) mass is 744 g/mol. The Morgan fingerprint density at radius 3 is 1.54 bits per heavy atom. The Morgan fingerprint density at radius 2 is 0.825 bits per heavy atom. The molecular formula is C52H32N4S. The maximum absolute atomic E-state index is 5.44. The number of benzene rings is 8. The van der Waals surface area contributed by atoms with Gasteiger partial charge in [0.2, 0.25) is 0 Å². The molecule has 0 saturated heterocycles. The molecule has 4 nitrogen and oxygen atoms in total. The number of hydrogen-bond acceptors (Lipinski definition) is 5. The van der Waals surface area contributed by atoms with Gasteiger partial charge in [-0.05, 0) is 39.8 Å². The number of thiophene rings is 1. The number of fused-ring (bicyclic) bond motifs is 7. The average Bonchev–Trinajstić information content (AvgIpc) is 3.69. The molecule has 0 bridgehead atoms. The van der Waals surface area contributed by atoms with Crippen molar-refractivity contribution in [1.29, 1.82) is 0 Å². The first-order valence-corrected chi connectivity index (χ1v) is 19.9. The minimum atomic E-state index is 0.632. The molecule has 0 fully saturated rings. The number of pyridine rings is 1. The van der Waals surface area contributed by atoms with Gasteiger partial charge in [0.1, 0.15) is 0 Å². The highest BCUT2D eigenvalue weighted by Crippen LogP contribution is 2.44. The lowest BCUT2D eigenvalue weighted by Crippen LogP contribution is -2.00. The van der Waals surface area contributed by atoms with Gasteiger partial charge in [-0.1, -0.05) is 182 Å². The molecular weight excluding hydrogens is 713 g/mol. The van der Waals surface area contributed by atoms with E-state index < -0.39 is 0 Å². The molecule has 0 N–H and O–H groups in total. The van der Waals surface area contributed by atoms with Crippen LogP contribution in [0.3, 0.4) is 0 Å². The number of nitrogens with zero attached hydrogens (tertiary/aromatic N) is 4. The maximum Gasteiger partial charge on any atom is 0.164 e. The molecule has 3 heterocycles. The Bertz CT molecular complexity index is 3270. The topological polar surface area (TPSA) is 51.6 Å². The van der Waals surface area contributed by atoms with Crippen LogP contribution in [0.1, 0.15) is 0 Å². The molecule has 0 atom stereocenters. The first-order chi connectivity index (χ1) is 28.2. The average molecular weight is 745 g/mol. The van der Waals surface area contributed by atoms with Crippen molar-refractivity contribution in [2.75, 3.05) is 0 Å². The predicted octanol–water partition coefficient (Wildman–Crippen LogP) is 13.9. The normalized spacial score (nSPS) is 11.5. The molecule has 11 rings (SSSR count). The smallest absolute Gasteiger partial charge is 0.164 e. The molecule has 0 aliphatic heterocycles. The Hall–Kier alpha value is -7.34. The molecule has 266 valence electrons. The molecule has 57 heavy (non-hydrogen) atoms. The van der Waals surface area contributed by atoms with Crippen LogP contribution in [-0.2, 0) is 0 Å². The van der Waals surface area contributed by atoms with Crippen LogP contribution in [0.15, 0.2) is 194 Å². The summed E-state index contributed by atoms with van der Waals surface area (Å²) in [6.45, 7) is 0. The molecule has 0 radical (unpaired) electrons. The molecule has 0 aliphatic rings. The molecule has 5 heteroatoms. The van der Waals surface area contributed by atoms with Gasteiger partial charge in [-0.3, -0.25) is 0 Å². The summed E-state index contributed by atoms with van der Waals surface area (Å²) in [6, 6.07) is 67.9. The molecule has 0 unspecified atom stereocenters. The largest absolute Gasteiger partial charge is 0.246 e. The second-order valence-corrected chi connectivity index (χ2v) is 15.3. The van der Waals surface area contributed by atoms with E-state index in [0.29, 0.717) is 17.5 Å². The Balaban J connectivity index is 0.970. The van der Waals surface area contributed by atoms with Gasteiger partial charge in [-0.2, -0.15) is 0 Å². The zero-order valence-electron chi connectivity index (χ0n) is 30.7. The summed E-state index contributed by atoms with van der Waals surface area (Å²) in [5.41, 5.74) is 10.5. The van der Waals surface area contributed by atoms with Crippen molar-refractivity contribution in [2.24, 2.45) is 0 Å². The van der Waals surface area contributed by atoms with Crippen molar-refractivity contribution in [3.05, 3.63) is 194 Å². The summed E-state index contributed by atoms with van der Waals surface area (Å²) >= 11 is 1.85. The second kappa shape index (κ2) is 13.7. The van der Waals surface area contributed by atoms with Crippen molar-refractivity contribution in [1.82, 2.24) is 19.9 Å². The predicted molar refractivity (Wildman–Crippen MR) is 238 cm³/mol. The van der Waals surface area contributed by atoms with Crippen molar-refractivity contribution >= 4 is 53.2 Å². The van der Waals surface area contributed by atoms with E-state index in [4.69, 9.17) is 19.9 Å². The van der Waals surface area contributed by atoms with E-state index in [1.54, 1.807) is 0 Å². The van der Waals surface area contributed by atoms with Gasteiger partial charge in [-0.25, -0.2) is 19.9 Å². The lowest BCUT2D eigenvalue weighted by Gasteiger charge is -2.11. The lowest BCUT2D eigenvalue weighted by atomic mass is 9.98. The molecule has 3 aromatic heterocycles. The summed E-state index contributed by atoms with van der Waals surface area (Å²) in [5.74, 6) is 1.91. The second-order valence-electron chi connectivity index (χ2n) is 14.2. The van der Waals surface area contributed by atoms with Crippen LogP contribution >= 0.6 is 11.3 Å². The van der Waals surface area contributed by atoms with Crippen LogP contribution in [0, 0.1) is 0 Å². The van der Waals surface area contributed by atoms with Crippen LogP contribution in [0.4, 0.5) is 0 Å². The van der Waals surface area contributed by atoms with E-state index >= 15 is 0 Å². The van der Waals surface area contributed by atoms with E-state index in [2.05, 4.69) is 158 Å². The Morgan fingerprint density at radius 1 is 0.316 bits per heavy atom. The molecule has 8 aromatic carbocycles. The third-order valence-corrected chi connectivity index (χ3v) is 11.9. The highest BCUT2D eigenvalue weighted by atomic mass is 32.1. The van der Waals surface area contributed by atoms with E-state index in [-0.39, 0.29) is 0 Å². The van der Waals surface area contributed by atoms with E-state index in [1.807, 2.05) is 47.7 Å². The van der Waals surface area contributed by atoms with Crippen LogP contribution in [0.2, 0.25) is 0 Å². The number of hydrogen-bond donors (Lipinski definition) is 0.